The molecule has 1 N–H and O–H groups in total. The summed E-state index contributed by atoms with van der Waals surface area (Å²) in [4.78, 5) is 19.0. The van der Waals surface area contributed by atoms with E-state index in [1.807, 2.05) is 219 Å². The normalized spacial score (nSPS) is 9.25. The summed E-state index contributed by atoms with van der Waals surface area (Å²) in [6.07, 6.45) is 11.3. The summed E-state index contributed by atoms with van der Waals surface area (Å²) in [6, 6.07) is 60.6. The lowest BCUT2D eigenvalue weighted by Gasteiger charge is -2.15. The second-order valence-corrected chi connectivity index (χ2v) is 14.1. The van der Waals surface area contributed by atoms with Crippen molar-refractivity contribution in [1.82, 2.24) is 30.2 Å². The molecular formula is C67H96N6O2S2. The lowest BCUT2D eigenvalue weighted by atomic mass is 10.0. The summed E-state index contributed by atoms with van der Waals surface area (Å²) in [5.41, 5.74) is 7.74. The lowest BCUT2D eigenvalue weighted by Crippen LogP contribution is -2.23. The van der Waals surface area contributed by atoms with Crippen LogP contribution in [0.15, 0.2) is 236 Å². The van der Waals surface area contributed by atoms with Crippen LogP contribution in [0.1, 0.15) is 122 Å². The minimum absolute atomic E-state index is 0.360. The number of aromatic nitrogens is 5. The smallest absolute Gasteiger partial charge is 0.231 e. The molecule has 6 heterocycles. The van der Waals surface area contributed by atoms with E-state index < -0.39 is 0 Å². The molecule has 12 rings (SSSR count). The molecule has 418 valence electrons. The maximum atomic E-state index is 5.08. The van der Waals surface area contributed by atoms with Gasteiger partial charge in [0.05, 0.1) is 21.2 Å². The average molecular weight is 1080 g/mol. The van der Waals surface area contributed by atoms with Crippen molar-refractivity contribution < 1.29 is 9.47 Å². The Kier molecular flexibility index (Phi) is 64.5. The number of hydrogen-bond acceptors (Lipinski definition) is 10. The van der Waals surface area contributed by atoms with Crippen molar-refractivity contribution in [1.29, 1.82) is 0 Å². The van der Waals surface area contributed by atoms with Crippen LogP contribution in [0.2, 0.25) is 0 Å². The van der Waals surface area contributed by atoms with Gasteiger partial charge < -0.3 is 14.8 Å². The summed E-state index contributed by atoms with van der Waals surface area (Å²) in [6.45, 7) is 34.5. The summed E-state index contributed by atoms with van der Waals surface area (Å²) >= 11 is 3.28. The van der Waals surface area contributed by atoms with Gasteiger partial charge in [-0.3, -0.25) is 9.97 Å². The molecule has 0 saturated heterocycles. The molecule has 10 aromatic rings. The second-order valence-electron chi connectivity index (χ2n) is 12.5. The molecule has 0 atom stereocenters. The molecule has 8 nitrogen and oxygen atoms in total. The van der Waals surface area contributed by atoms with E-state index in [4.69, 9.17) is 9.47 Å². The summed E-state index contributed by atoms with van der Waals surface area (Å²) < 4.78 is 11.4. The van der Waals surface area contributed by atoms with Gasteiger partial charge in [0.1, 0.15) is 6.33 Å². The number of benzene rings is 6. The van der Waals surface area contributed by atoms with Crippen LogP contribution in [-0.2, 0) is 13.0 Å². The van der Waals surface area contributed by atoms with Gasteiger partial charge in [0, 0.05) is 42.9 Å². The molecule has 2 aliphatic rings. The standard InChI is InChI=1S/C10H8.C9H11N.C7H5NS.C7H6O2.C6H6.C5H5N.C4H4N2.C3H3NS.8C2H6/c1-2-6-10-8-4-3-7-9(10)5-1;1-2-4-9-7-10-6-5-8(9)3-1;2*1-2-4-7-6(3-1)8-5-9-7;2*1-2-4-6-5-3-1;1-2-5-4-6-3-1;1-2-5-3-4-1;8*1-2/h1-8H;1-4,10H,5-7H2;1-5H;1-4H,5H2;1-6H;1-5H;1-4H;1-3H;8*1-2H3. The Morgan fingerprint density at radius 3 is 1.18 bits per heavy atom. The van der Waals surface area contributed by atoms with Crippen LogP contribution < -0.4 is 14.8 Å². The van der Waals surface area contributed by atoms with E-state index in [1.165, 1.54) is 39.3 Å². The van der Waals surface area contributed by atoms with E-state index in [0.29, 0.717) is 6.79 Å². The van der Waals surface area contributed by atoms with Crippen LogP contribution in [0.25, 0.3) is 21.0 Å². The van der Waals surface area contributed by atoms with Gasteiger partial charge in [0.2, 0.25) is 6.79 Å². The van der Waals surface area contributed by atoms with Crippen LogP contribution in [0.3, 0.4) is 0 Å². The lowest BCUT2D eigenvalue weighted by molar-refractivity contribution is 0.174. The van der Waals surface area contributed by atoms with Crippen LogP contribution in [0, 0.1) is 0 Å². The Bertz CT molecular complexity index is 2230. The molecule has 77 heavy (non-hydrogen) atoms. The zero-order valence-electron chi connectivity index (χ0n) is 49.7. The Hall–Kier alpha value is -7.11. The van der Waals surface area contributed by atoms with Crippen molar-refractivity contribution in [3.63, 3.8) is 0 Å². The monoisotopic (exact) mass is 1080 g/mol. The third-order valence-corrected chi connectivity index (χ3v) is 9.57. The van der Waals surface area contributed by atoms with Gasteiger partial charge in [-0.2, -0.15) is 0 Å². The zero-order valence-corrected chi connectivity index (χ0v) is 51.3. The Labute approximate surface area is 476 Å². The maximum absolute atomic E-state index is 5.08. The largest absolute Gasteiger partial charge is 0.454 e. The molecule has 0 radical (unpaired) electrons. The fourth-order valence-electron chi connectivity index (χ4n) is 5.33. The number of fused-ring (bicyclic) bond motifs is 4. The van der Waals surface area contributed by atoms with Crippen molar-refractivity contribution in [2.75, 3.05) is 13.3 Å². The van der Waals surface area contributed by atoms with Crippen molar-refractivity contribution in [3.8, 4) is 11.5 Å². The molecule has 0 unspecified atom stereocenters. The highest BCUT2D eigenvalue weighted by molar-refractivity contribution is 7.16. The number of nitrogens with one attached hydrogen (secondary N) is 1. The number of pyridine rings is 1. The quantitative estimate of drug-likeness (QED) is 0.160. The molecule has 10 heteroatoms. The molecule has 0 amide bonds. The summed E-state index contributed by atoms with van der Waals surface area (Å²) in [7, 11) is 0. The Balaban J connectivity index is -0.000000384. The number of ether oxygens (including phenoxy) is 2. The van der Waals surface area contributed by atoms with E-state index in [0.717, 1.165) is 30.1 Å². The molecule has 0 fully saturated rings. The van der Waals surface area contributed by atoms with E-state index in [9.17, 15) is 0 Å². The number of para-hydroxylation sites is 3. The zero-order chi connectivity index (χ0) is 58.1. The van der Waals surface area contributed by atoms with Gasteiger partial charge in [-0.15, -0.1) is 22.7 Å². The van der Waals surface area contributed by atoms with E-state index in [2.05, 4.69) is 109 Å². The predicted octanol–water partition coefficient (Wildman–Crippen LogP) is 20.5. The summed E-state index contributed by atoms with van der Waals surface area (Å²) in [5.74, 6) is 1.69. The van der Waals surface area contributed by atoms with E-state index >= 15 is 0 Å². The molecule has 0 aliphatic carbocycles. The minimum Gasteiger partial charge on any atom is -0.454 e. The first-order chi connectivity index (χ1) is 38.4. The number of nitrogens with zero attached hydrogens (tertiary/aromatic N) is 5. The minimum atomic E-state index is 0.360. The third kappa shape index (κ3) is 41.8. The molecule has 0 spiro atoms. The van der Waals surface area contributed by atoms with Crippen molar-refractivity contribution in [3.05, 3.63) is 247 Å². The third-order valence-electron chi connectivity index (χ3n) is 8.24. The first-order valence-electron chi connectivity index (χ1n) is 27.6. The van der Waals surface area contributed by atoms with Gasteiger partial charge >= 0.3 is 0 Å². The predicted molar refractivity (Wildman–Crippen MR) is 344 cm³/mol. The second kappa shape index (κ2) is 65.0. The maximum Gasteiger partial charge on any atom is 0.231 e. The van der Waals surface area contributed by atoms with Gasteiger partial charge in [0.15, 0.2) is 11.5 Å². The highest BCUT2D eigenvalue weighted by Gasteiger charge is 2.09. The van der Waals surface area contributed by atoms with Gasteiger partial charge in [0.25, 0.3) is 0 Å². The molecular weight excluding hydrogens is 985 g/mol. The van der Waals surface area contributed by atoms with Crippen molar-refractivity contribution >= 4 is 43.7 Å². The Morgan fingerprint density at radius 2 is 0.818 bits per heavy atom. The fourth-order valence-corrected chi connectivity index (χ4v) is 6.36. The topological polar surface area (TPSA) is 94.9 Å². The highest BCUT2D eigenvalue weighted by atomic mass is 32.1. The highest BCUT2D eigenvalue weighted by Crippen LogP contribution is 2.30. The van der Waals surface area contributed by atoms with E-state index in [1.54, 1.807) is 65.2 Å². The van der Waals surface area contributed by atoms with Gasteiger partial charge in [-0.05, 0) is 77.3 Å². The van der Waals surface area contributed by atoms with Crippen LogP contribution >= 0.6 is 22.7 Å². The molecule has 2 aliphatic heterocycles. The molecule has 0 bridgehead atoms. The summed E-state index contributed by atoms with van der Waals surface area (Å²) in [5, 5.41) is 7.89. The first kappa shape index (κ1) is 76.4. The van der Waals surface area contributed by atoms with Gasteiger partial charge in [-0.25, -0.2) is 15.0 Å². The molecule has 4 aromatic heterocycles. The molecule has 6 aromatic carbocycles. The molecule has 0 saturated carbocycles. The fraction of sp³-hybridized carbons (Fsp3) is 0.299. The average Bonchev–Trinajstić information content (AvgIpc) is 4.42. The number of rotatable bonds is 0. The van der Waals surface area contributed by atoms with E-state index in [-0.39, 0.29) is 0 Å². The SMILES string of the molecule is CC.CC.CC.CC.CC.CC.CC.CC.c1ccc2c(c1)CCNC2.c1ccc2c(c1)OCO2.c1ccc2ccccc2c1.c1ccc2scnc2c1.c1ccccc1.c1ccncc1.c1cncnc1.c1cscn1. The van der Waals surface area contributed by atoms with Gasteiger partial charge in [-0.1, -0.05) is 250 Å². The first-order valence-corrected chi connectivity index (χ1v) is 29.4. The van der Waals surface area contributed by atoms with Crippen LogP contribution in [-0.4, -0.2) is 38.3 Å². The number of hydrogen-bond donors (Lipinski definition) is 1. The Morgan fingerprint density at radius 1 is 0.390 bits per heavy atom. The van der Waals surface area contributed by atoms with Crippen LogP contribution in [0.5, 0.6) is 11.5 Å². The van der Waals surface area contributed by atoms with Crippen LogP contribution in [0.4, 0.5) is 0 Å². The van der Waals surface area contributed by atoms with Crippen molar-refractivity contribution in [2.45, 2.75) is 124 Å². The number of thiazole rings is 2. The van der Waals surface area contributed by atoms with Crippen molar-refractivity contribution in [2.24, 2.45) is 0 Å².